The summed E-state index contributed by atoms with van der Waals surface area (Å²) in [6.45, 7) is 9.00. The molecule has 5 heteroatoms. The molecule has 0 heterocycles. The smallest absolute Gasteiger partial charge is 0.326 e. The van der Waals surface area contributed by atoms with E-state index in [-0.39, 0.29) is 12.0 Å². The van der Waals surface area contributed by atoms with E-state index in [1.807, 2.05) is 27.7 Å². The van der Waals surface area contributed by atoms with Gasteiger partial charge in [-0.3, -0.25) is 10.1 Å². The second kappa shape index (κ2) is 9.64. The minimum atomic E-state index is -0.609. The van der Waals surface area contributed by atoms with Crippen LogP contribution in [0.3, 0.4) is 0 Å². The molecule has 1 unspecified atom stereocenters. The number of carbonyl (C=O) groups is 1. The monoisotopic (exact) mass is 277 g/mol. The largest absolute Gasteiger partial charge is 0.465 e. The van der Waals surface area contributed by atoms with E-state index in [1.165, 1.54) is 0 Å². The number of ether oxygens (including phenoxy) is 2. The van der Waals surface area contributed by atoms with Crippen LogP contribution in [-0.4, -0.2) is 49.4 Å². The maximum atomic E-state index is 12.0. The van der Waals surface area contributed by atoms with Gasteiger partial charge in [-0.25, -0.2) is 0 Å². The van der Waals surface area contributed by atoms with Crippen molar-refractivity contribution in [2.24, 2.45) is 0 Å². The minimum absolute atomic E-state index is 0.169. The Balaban J connectivity index is 4.25. The number of methoxy groups -OCH3 is 1. The van der Waals surface area contributed by atoms with Crippen molar-refractivity contribution in [1.82, 2.24) is 5.32 Å². The molecule has 0 radical (unpaired) electrons. The Hall–Kier alpha value is -0.260. The number of hydrogen-bond donors (Lipinski definition) is 1. The van der Waals surface area contributed by atoms with Crippen molar-refractivity contribution in [3.05, 3.63) is 0 Å². The Morgan fingerprint density at radius 1 is 1.44 bits per heavy atom. The van der Waals surface area contributed by atoms with Gasteiger partial charge in [0.05, 0.1) is 6.61 Å². The van der Waals surface area contributed by atoms with Crippen molar-refractivity contribution in [1.29, 1.82) is 0 Å². The topological polar surface area (TPSA) is 47.6 Å². The molecule has 0 aromatic rings. The first kappa shape index (κ1) is 17.7. The zero-order valence-electron chi connectivity index (χ0n) is 12.2. The Morgan fingerprint density at radius 3 is 2.61 bits per heavy atom. The molecule has 0 aromatic carbocycles. The van der Waals surface area contributed by atoms with Gasteiger partial charge in [0.2, 0.25) is 0 Å². The Morgan fingerprint density at radius 2 is 2.11 bits per heavy atom. The van der Waals surface area contributed by atoms with Crippen molar-refractivity contribution < 1.29 is 14.3 Å². The molecule has 0 bridgehead atoms. The van der Waals surface area contributed by atoms with Crippen LogP contribution in [0.25, 0.3) is 0 Å². The molecule has 0 aliphatic rings. The lowest BCUT2D eigenvalue weighted by atomic mass is 10.0. The third-order valence-electron chi connectivity index (χ3n) is 2.36. The lowest BCUT2D eigenvalue weighted by Gasteiger charge is -2.30. The van der Waals surface area contributed by atoms with E-state index >= 15 is 0 Å². The Kier molecular flexibility index (Phi) is 9.50. The third-order valence-corrected chi connectivity index (χ3v) is 3.72. The Bertz CT molecular complexity index is 236. The van der Waals surface area contributed by atoms with E-state index in [4.69, 9.17) is 9.47 Å². The van der Waals surface area contributed by atoms with E-state index in [1.54, 1.807) is 18.9 Å². The van der Waals surface area contributed by atoms with Crippen LogP contribution in [0.5, 0.6) is 0 Å². The first-order chi connectivity index (χ1) is 8.46. The summed E-state index contributed by atoms with van der Waals surface area (Å²) in [5, 5.41) is 3.31. The number of carbonyl (C=O) groups excluding carboxylic acids is 1. The lowest BCUT2D eigenvalue weighted by Crippen LogP contribution is -2.55. The zero-order valence-corrected chi connectivity index (χ0v) is 13.1. The molecule has 0 aliphatic heterocycles. The highest BCUT2D eigenvalue weighted by molar-refractivity contribution is 7.99. The third kappa shape index (κ3) is 7.24. The summed E-state index contributed by atoms with van der Waals surface area (Å²) in [6, 6.07) is 0.249. The average molecular weight is 277 g/mol. The summed E-state index contributed by atoms with van der Waals surface area (Å²) in [5.74, 6) is 1.54. The zero-order chi connectivity index (χ0) is 14.0. The minimum Gasteiger partial charge on any atom is -0.465 e. The second-order valence-electron chi connectivity index (χ2n) is 4.75. The summed E-state index contributed by atoms with van der Waals surface area (Å²) in [6.07, 6.45) is 1.00. The molecule has 0 saturated heterocycles. The van der Waals surface area contributed by atoms with Crippen molar-refractivity contribution in [3.8, 4) is 0 Å². The van der Waals surface area contributed by atoms with Gasteiger partial charge in [-0.1, -0.05) is 0 Å². The maximum Gasteiger partial charge on any atom is 0.326 e. The first-order valence-corrected chi connectivity index (χ1v) is 7.63. The molecule has 0 aliphatic carbocycles. The number of thioether (sulfide) groups is 1. The fourth-order valence-corrected chi connectivity index (χ4v) is 2.74. The fourth-order valence-electron chi connectivity index (χ4n) is 1.67. The highest BCUT2D eigenvalue weighted by Gasteiger charge is 2.34. The molecular formula is C13H27NO3S. The van der Waals surface area contributed by atoms with E-state index in [0.29, 0.717) is 12.4 Å². The first-order valence-electron chi connectivity index (χ1n) is 6.48. The van der Waals surface area contributed by atoms with Crippen molar-refractivity contribution in [3.63, 3.8) is 0 Å². The van der Waals surface area contributed by atoms with Crippen LogP contribution in [0.2, 0.25) is 0 Å². The van der Waals surface area contributed by atoms with Crippen LogP contribution in [0.4, 0.5) is 0 Å². The van der Waals surface area contributed by atoms with Gasteiger partial charge in [0.1, 0.15) is 5.54 Å². The van der Waals surface area contributed by atoms with Gasteiger partial charge < -0.3 is 9.47 Å². The molecule has 18 heavy (non-hydrogen) atoms. The highest BCUT2D eigenvalue weighted by Crippen LogP contribution is 2.17. The van der Waals surface area contributed by atoms with Crippen LogP contribution >= 0.6 is 11.8 Å². The Labute approximate surface area is 115 Å². The lowest BCUT2D eigenvalue weighted by molar-refractivity contribution is -0.149. The molecule has 0 saturated carbocycles. The van der Waals surface area contributed by atoms with Crippen LogP contribution in [-0.2, 0) is 14.3 Å². The maximum absolute atomic E-state index is 12.0. The quantitative estimate of drug-likeness (QED) is 0.489. The van der Waals surface area contributed by atoms with Crippen LogP contribution in [0.1, 0.15) is 34.1 Å². The van der Waals surface area contributed by atoms with Gasteiger partial charge in [-0.15, -0.1) is 0 Å². The molecule has 108 valence electrons. The van der Waals surface area contributed by atoms with Crippen molar-refractivity contribution in [2.75, 3.05) is 31.8 Å². The van der Waals surface area contributed by atoms with Crippen molar-refractivity contribution in [2.45, 2.75) is 45.7 Å². The average Bonchev–Trinajstić information content (AvgIpc) is 2.28. The molecular weight excluding hydrogens is 250 g/mol. The standard InChI is InChI=1S/C13H27NO3S/c1-6-17-12(15)13(4,14-11(2)3)10-18-9-7-8-16-5/h11,14H,6-10H2,1-5H3. The van der Waals surface area contributed by atoms with Gasteiger partial charge in [0.15, 0.2) is 0 Å². The van der Waals surface area contributed by atoms with E-state index in [9.17, 15) is 4.79 Å². The van der Waals surface area contributed by atoms with Crippen molar-refractivity contribution >= 4 is 17.7 Å². The molecule has 0 rings (SSSR count). The van der Waals surface area contributed by atoms with Gasteiger partial charge in [-0.05, 0) is 39.9 Å². The summed E-state index contributed by atoms with van der Waals surface area (Å²) in [7, 11) is 1.70. The van der Waals surface area contributed by atoms with Gasteiger partial charge in [-0.2, -0.15) is 11.8 Å². The second-order valence-corrected chi connectivity index (χ2v) is 5.86. The SMILES string of the molecule is CCOC(=O)C(C)(CSCCCOC)NC(C)C. The normalized spacial score (nSPS) is 14.6. The molecule has 0 aromatic heterocycles. The summed E-state index contributed by atoms with van der Waals surface area (Å²) in [5.41, 5.74) is -0.609. The number of rotatable bonds is 10. The summed E-state index contributed by atoms with van der Waals surface area (Å²) >= 11 is 1.75. The predicted molar refractivity (Wildman–Crippen MR) is 77.1 cm³/mol. The summed E-state index contributed by atoms with van der Waals surface area (Å²) in [4.78, 5) is 12.0. The van der Waals surface area contributed by atoms with E-state index in [0.717, 1.165) is 18.8 Å². The van der Waals surface area contributed by atoms with Crippen LogP contribution in [0, 0.1) is 0 Å². The fraction of sp³-hybridized carbons (Fsp3) is 0.923. The molecule has 1 atom stereocenters. The number of hydrogen-bond acceptors (Lipinski definition) is 5. The molecule has 0 fully saturated rings. The number of esters is 1. The van der Waals surface area contributed by atoms with Gasteiger partial charge >= 0.3 is 5.97 Å². The number of nitrogens with one attached hydrogen (secondary N) is 1. The van der Waals surface area contributed by atoms with Crippen LogP contribution in [0.15, 0.2) is 0 Å². The molecule has 1 N–H and O–H groups in total. The summed E-state index contributed by atoms with van der Waals surface area (Å²) < 4.78 is 10.2. The molecule has 4 nitrogen and oxygen atoms in total. The van der Waals surface area contributed by atoms with Crippen LogP contribution < -0.4 is 5.32 Å². The van der Waals surface area contributed by atoms with Gasteiger partial charge in [0.25, 0.3) is 0 Å². The highest BCUT2D eigenvalue weighted by atomic mass is 32.2. The predicted octanol–water partition coefficient (Wildman–Crippen LogP) is 2.08. The van der Waals surface area contributed by atoms with E-state index in [2.05, 4.69) is 5.32 Å². The molecule has 0 spiro atoms. The van der Waals surface area contributed by atoms with Gasteiger partial charge in [0, 0.05) is 25.5 Å². The molecule has 0 amide bonds. The van der Waals surface area contributed by atoms with E-state index < -0.39 is 5.54 Å².